The lowest BCUT2D eigenvalue weighted by atomic mass is 10.2. The lowest BCUT2D eigenvalue weighted by Crippen LogP contribution is -2.34. The number of carbonyl (C=O) groups is 2. The molecule has 2 aromatic rings. The highest BCUT2D eigenvalue weighted by atomic mass is 16.4. The van der Waals surface area contributed by atoms with Gasteiger partial charge in [-0.1, -0.05) is 17.3 Å². The SMILES string of the molecule is Cc1cccc(-n2cc(C(=O)NC(C)CC(=O)O)nn2)c1. The lowest BCUT2D eigenvalue weighted by molar-refractivity contribution is -0.137. The highest BCUT2D eigenvalue weighted by molar-refractivity contribution is 5.92. The Hall–Kier alpha value is -2.70. The maximum atomic E-state index is 11.9. The van der Waals surface area contributed by atoms with Crippen LogP contribution < -0.4 is 5.32 Å². The first-order valence-corrected chi connectivity index (χ1v) is 6.48. The van der Waals surface area contributed by atoms with Crippen LogP contribution in [0.4, 0.5) is 0 Å². The molecule has 1 unspecified atom stereocenters. The van der Waals surface area contributed by atoms with E-state index in [2.05, 4.69) is 15.6 Å². The predicted molar refractivity (Wildman–Crippen MR) is 75.3 cm³/mol. The molecule has 0 aliphatic carbocycles. The van der Waals surface area contributed by atoms with E-state index in [0.29, 0.717) is 0 Å². The number of benzene rings is 1. The van der Waals surface area contributed by atoms with E-state index in [-0.39, 0.29) is 12.1 Å². The molecule has 0 saturated heterocycles. The van der Waals surface area contributed by atoms with Crippen molar-refractivity contribution in [2.75, 3.05) is 0 Å². The van der Waals surface area contributed by atoms with Crippen LogP contribution in [0.2, 0.25) is 0 Å². The first-order valence-electron chi connectivity index (χ1n) is 6.48. The van der Waals surface area contributed by atoms with E-state index in [1.165, 1.54) is 10.9 Å². The van der Waals surface area contributed by atoms with Gasteiger partial charge in [-0.2, -0.15) is 0 Å². The molecular formula is C14H16N4O3. The number of carbonyl (C=O) groups excluding carboxylic acids is 1. The molecule has 7 nitrogen and oxygen atoms in total. The number of carboxylic acids is 1. The number of nitrogens with zero attached hydrogens (tertiary/aromatic N) is 3. The van der Waals surface area contributed by atoms with Crippen molar-refractivity contribution >= 4 is 11.9 Å². The van der Waals surface area contributed by atoms with E-state index < -0.39 is 17.9 Å². The predicted octanol–water partition coefficient (Wildman–Crippen LogP) is 1.17. The van der Waals surface area contributed by atoms with Crippen LogP contribution in [0.15, 0.2) is 30.5 Å². The zero-order chi connectivity index (χ0) is 15.4. The molecule has 0 spiro atoms. The fraction of sp³-hybridized carbons (Fsp3) is 0.286. The number of hydrogen-bond donors (Lipinski definition) is 2. The van der Waals surface area contributed by atoms with Crippen molar-refractivity contribution in [3.63, 3.8) is 0 Å². The molecule has 1 amide bonds. The molecule has 0 radical (unpaired) electrons. The normalized spacial score (nSPS) is 11.9. The quantitative estimate of drug-likeness (QED) is 0.860. The van der Waals surface area contributed by atoms with Crippen LogP contribution in [0.5, 0.6) is 0 Å². The van der Waals surface area contributed by atoms with E-state index in [1.807, 2.05) is 31.2 Å². The minimum atomic E-state index is -0.966. The molecule has 1 atom stereocenters. The fourth-order valence-electron chi connectivity index (χ4n) is 1.88. The minimum Gasteiger partial charge on any atom is -0.481 e. The van der Waals surface area contributed by atoms with Crippen molar-refractivity contribution in [2.24, 2.45) is 0 Å². The van der Waals surface area contributed by atoms with E-state index in [0.717, 1.165) is 11.3 Å². The zero-order valence-corrected chi connectivity index (χ0v) is 11.8. The van der Waals surface area contributed by atoms with Gasteiger partial charge in [0.05, 0.1) is 18.3 Å². The number of aliphatic carboxylic acids is 1. The summed E-state index contributed by atoms with van der Waals surface area (Å²) >= 11 is 0. The van der Waals surface area contributed by atoms with E-state index in [9.17, 15) is 9.59 Å². The minimum absolute atomic E-state index is 0.141. The number of amides is 1. The van der Waals surface area contributed by atoms with Gasteiger partial charge in [-0.15, -0.1) is 5.10 Å². The van der Waals surface area contributed by atoms with E-state index >= 15 is 0 Å². The number of carboxylic acid groups (broad SMARTS) is 1. The Kier molecular flexibility index (Phi) is 4.32. The molecule has 1 heterocycles. The summed E-state index contributed by atoms with van der Waals surface area (Å²) in [6.45, 7) is 3.58. The Morgan fingerprint density at radius 2 is 2.19 bits per heavy atom. The van der Waals surface area contributed by atoms with Gasteiger partial charge in [0.15, 0.2) is 5.69 Å². The van der Waals surface area contributed by atoms with Gasteiger partial charge in [-0.05, 0) is 31.5 Å². The summed E-state index contributed by atoms with van der Waals surface area (Å²) in [5.41, 5.74) is 2.03. The van der Waals surface area contributed by atoms with E-state index in [1.54, 1.807) is 6.92 Å². The summed E-state index contributed by atoms with van der Waals surface area (Å²) in [4.78, 5) is 22.5. The summed E-state index contributed by atoms with van der Waals surface area (Å²) in [5.74, 6) is -1.41. The van der Waals surface area contributed by atoms with Crippen molar-refractivity contribution in [1.82, 2.24) is 20.3 Å². The highest BCUT2D eigenvalue weighted by Crippen LogP contribution is 2.09. The molecule has 0 bridgehead atoms. The van der Waals surface area contributed by atoms with Crippen LogP contribution in [0, 0.1) is 6.92 Å². The Balaban J connectivity index is 2.09. The second-order valence-corrected chi connectivity index (χ2v) is 4.86. The van der Waals surface area contributed by atoms with Crippen LogP contribution >= 0.6 is 0 Å². The lowest BCUT2D eigenvalue weighted by Gasteiger charge is -2.09. The van der Waals surface area contributed by atoms with Gasteiger partial charge in [-0.3, -0.25) is 9.59 Å². The second kappa shape index (κ2) is 6.17. The molecule has 21 heavy (non-hydrogen) atoms. The third-order valence-electron chi connectivity index (χ3n) is 2.85. The summed E-state index contributed by atoms with van der Waals surface area (Å²) in [7, 11) is 0. The molecular weight excluding hydrogens is 272 g/mol. The molecule has 0 aliphatic rings. The number of aromatic nitrogens is 3. The Bertz CT molecular complexity index is 666. The van der Waals surface area contributed by atoms with Crippen molar-refractivity contribution in [2.45, 2.75) is 26.3 Å². The van der Waals surface area contributed by atoms with Crippen LogP contribution in [0.25, 0.3) is 5.69 Å². The van der Waals surface area contributed by atoms with Crippen LogP contribution in [0.1, 0.15) is 29.4 Å². The van der Waals surface area contributed by atoms with Crippen molar-refractivity contribution in [1.29, 1.82) is 0 Å². The molecule has 2 N–H and O–H groups in total. The van der Waals surface area contributed by atoms with Crippen molar-refractivity contribution in [3.05, 3.63) is 41.7 Å². The third kappa shape index (κ3) is 3.88. The molecule has 1 aromatic carbocycles. The summed E-state index contributed by atoms with van der Waals surface area (Å²) in [6.07, 6.45) is 1.37. The Morgan fingerprint density at radius 1 is 1.43 bits per heavy atom. The largest absolute Gasteiger partial charge is 0.481 e. The number of rotatable bonds is 5. The summed E-state index contributed by atoms with van der Waals surface area (Å²) < 4.78 is 1.50. The number of aryl methyl sites for hydroxylation is 1. The summed E-state index contributed by atoms with van der Waals surface area (Å²) in [6, 6.07) is 7.15. The molecule has 0 saturated carbocycles. The van der Waals surface area contributed by atoms with Crippen LogP contribution in [-0.4, -0.2) is 38.0 Å². The average molecular weight is 288 g/mol. The first kappa shape index (κ1) is 14.7. The number of hydrogen-bond acceptors (Lipinski definition) is 4. The van der Waals surface area contributed by atoms with Crippen LogP contribution in [-0.2, 0) is 4.79 Å². The standard InChI is InChI=1S/C14H16N4O3/c1-9-4-3-5-11(6-9)18-8-12(16-17-18)14(21)15-10(2)7-13(19)20/h3-6,8,10H,7H2,1-2H3,(H,15,21)(H,19,20). The maximum Gasteiger partial charge on any atom is 0.305 e. The van der Waals surface area contributed by atoms with Gasteiger partial charge in [0.25, 0.3) is 5.91 Å². The van der Waals surface area contributed by atoms with Gasteiger partial charge in [0, 0.05) is 6.04 Å². The van der Waals surface area contributed by atoms with Gasteiger partial charge < -0.3 is 10.4 Å². The topological polar surface area (TPSA) is 97.1 Å². The molecule has 110 valence electrons. The zero-order valence-electron chi connectivity index (χ0n) is 11.8. The van der Waals surface area contributed by atoms with Gasteiger partial charge in [0.1, 0.15) is 0 Å². The highest BCUT2D eigenvalue weighted by Gasteiger charge is 2.15. The second-order valence-electron chi connectivity index (χ2n) is 4.86. The average Bonchev–Trinajstić information content (AvgIpc) is 2.87. The molecule has 0 fully saturated rings. The van der Waals surface area contributed by atoms with E-state index in [4.69, 9.17) is 5.11 Å². The monoisotopic (exact) mass is 288 g/mol. The Morgan fingerprint density at radius 3 is 2.86 bits per heavy atom. The maximum absolute atomic E-state index is 11.9. The fourth-order valence-corrected chi connectivity index (χ4v) is 1.88. The molecule has 2 rings (SSSR count). The third-order valence-corrected chi connectivity index (χ3v) is 2.85. The number of nitrogens with one attached hydrogen (secondary N) is 1. The van der Waals surface area contributed by atoms with Gasteiger partial charge in [-0.25, -0.2) is 4.68 Å². The summed E-state index contributed by atoms with van der Waals surface area (Å²) in [5, 5.41) is 18.9. The van der Waals surface area contributed by atoms with Gasteiger partial charge >= 0.3 is 5.97 Å². The molecule has 0 aliphatic heterocycles. The molecule has 1 aromatic heterocycles. The first-order chi connectivity index (χ1) is 9.95. The van der Waals surface area contributed by atoms with Crippen molar-refractivity contribution in [3.8, 4) is 5.69 Å². The Labute approximate surface area is 121 Å². The smallest absolute Gasteiger partial charge is 0.305 e. The van der Waals surface area contributed by atoms with Crippen LogP contribution in [0.3, 0.4) is 0 Å². The van der Waals surface area contributed by atoms with Crippen molar-refractivity contribution < 1.29 is 14.7 Å². The van der Waals surface area contributed by atoms with Gasteiger partial charge in [0.2, 0.25) is 0 Å². The molecule has 7 heteroatoms.